The summed E-state index contributed by atoms with van der Waals surface area (Å²) in [7, 11) is 0. The van der Waals surface area contributed by atoms with Gasteiger partial charge in [-0.1, -0.05) is 18.2 Å². The summed E-state index contributed by atoms with van der Waals surface area (Å²) in [6.07, 6.45) is 4.04. The van der Waals surface area contributed by atoms with Gasteiger partial charge < -0.3 is 10.7 Å². The number of H-pyrrole nitrogens is 1. The zero-order valence-electron chi connectivity index (χ0n) is 11.9. The van der Waals surface area contributed by atoms with E-state index in [4.69, 9.17) is 5.73 Å². The summed E-state index contributed by atoms with van der Waals surface area (Å²) in [4.78, 5) is 15.8. The first-order chi connectivity index (χ1) is 10.7. The van der Waals surface area contributed by atoms with Gasteiger partial charge in [0.05, 0.1) is 17.6 Å². The van der Waals surface area contributed by atoms with Crippen LogP contribution in [0, 0.1) is 0 Å². The van der Waals surface area contributed by atoms with Crippen LogP contribution in [-0.4, -0.2) is 15.5 Å². The summed E-state index contributed by atoms with van der Waals surface area (Å²) in [5.74, 6) is 0.0165. The number of nitrogens with one attached hydrogen (secondary N) is 1. The van der Waals surface area contributed by atoms with Gasteiger partial charge in [-0.3, -0.25) is 9.36 Å². The number of benzene rings is 2. The standard InChI is InChI=1S/C18H15N3O/c19-15-3-1-2-13-7-9-21(18(13)15)17(22)11-12-4-5-16-14(10-12)6-8-20-16/h1-10,20H,11,19H2. The minimum Gasteiger partial charge on any atom is -0.397 e. The molecule has 0 saturated carbocycles. The highest BCUT2D eigenvalue weighted by molar-refractivity contribution is 5.99. The minimum atomic E-state index is 0.0165. The summed E-state index contributed by atoms with van der Waals surface area (Å²) in [6.45, 7) is 0. The van der Waals surface area contributed by atoms with E-state index in [1.54, 1.807) is 10.8 Å². The molecule has 22 heavy (non-hydrogen) atoms. The highest BCUT2D eigenvalue weighted by atomic mass is 16.2. The van der Waals surface area contributed by atoms with Gasteiger partial charge in [0, 0.05) is 23.3 Å². The van der Waals surface area contributed by atoms with E-state index in [1.807, 2.05) is 54.7 Å². The van der Waals surface area contributed by atoms with Crippen molar-refractivity contribution >= 4 is 33.4 Å². The molecule has 4 rings (SSSR count). The Hall–Kier alpha value is -3.01. The number of hydrogen-bond acceptors (Lipinski definition) is 2. The van der Waals surface area contributed by atoms with Crippen LogP contribution in [0.4, 0.5) is 5.69 Å². The van der Waals surface area contributed by atoms with Crippen LogP contribution in [0.25, 0.3) is 21.8 Å². The quantitative estimate of drug-likeness (QED) is 0.554. The summed E-state index contributed by atoms with van der Waals surface area (Å²) in [5, 5.41) is 2.09. The first-order valence-electron chi connectivity index (χ1n) is 7.17. The molecule has 0 aliphatic rings. The van der Waals surface area contributed by atoms with Gasteiger partial charge in [0.15, 0.2) is 0 Å². The lowest BCUT2D eigenvalue weighted by atomic mass is 10.1. The van der Waals surface area contributed by atoms with Gasteiger partial charge in [-0.2, -0.15) is 0 Å². The van der Waals surface area contributed by atoms with Crippen LogP contribution in [-0.2, 0) is 6.42 Å². The number of nitrogens with two attached hydrogens (primary N) is 1. The second-order valence-electron chi connectivity index (χ2n) is 5.44. The fourth-order valence-corrected chi connectivity index (χ4v) is 2.90. The second kappa shape index (κ2) is 4.77. The Morgan fingerprint density at radius 2 is 2.00 bits per heavy atom. The molecular formula is C18H15N3O. The van der Waals surface area contributed by atoms with Crippen LogP contribution < -0.4 is 5.73 Å². The van der Waals surface area contributed by atoms with Gasteiger partial charge in [0.1, 0.15) is 0 Å². The molecule has 0 atom stereocenters. The van der Waals surface area contributed by atoms with Crippen LogP contribution in [0.15, 0.2) is 60.9 Å². The molecule has 0 amide bonds. The van der Waals surface area contributed by atoms with Gasteiger partial charge in [0.25, 0.3) is 0 Å². The third-order valence-electron chi connectivity index (χ3n) is 3.98. The summed E-state index contributed by atoms with van der Waals surface area (Å²) < 4.78 is 1.64. The van der Waals surface area contributed by atoms with Gasteiger partial charge in [-0.15, -0.1) is 0 Å². The van der Waals surface area contributed by atoms with E-state index in [-0.39, 0.29) is 5.91 Å². The molecule has 4 heteroatoms. The molecule has 0 aliphatic carbocycles. The molecule has 108 valence electrons. The summed E-state index contributed by atoms with van der Waals surface area (Å²) in [5.41, 5.74) is 9.50. The van der Waals surface area contributed by atoms with Crippen LogP contribution in [0.5, 0.6) is 0 Å². The average molecular weight is 289 g/mol. The first kappa shape index (κ1) is 12.7. The number of nitrogen functional groups attached to an aromatic ring is 1. The van der Waals surface area contributed by atoms with E-state index in [1.165, 1.54) is 0 Å². The number of carbonyl (C=O) groups is 1. The largest absolute Gasteiger partial charge is 0.397 e. The van der Waals surface area contributed by atoms with E-state index >= 15 is 0 Å². The Kier molecular flexibility index (Phi) is 2.76. The molecule has 0 radical (unpaired) electrons. The van der Waals surface area contributed by atoms with Crippen LogP contribution in [0.2, 0.25) is 0 Å². The van der Waals surface area contributed by atoms with Crippen LogP contribution in [0.1, 0.15) is 10.4 Å². The van der Waals surface area contributed by atoms with E-state index in [0.717, 1.165) is 27.4 Å². The maximum Gasteiger partial charge on any atom is 0.235 e. The summed E-state index contributed by atoms with van der Waals surface area (Å²) >= 11 is 0. The number of anilines is 1. The number of rotatable bonds is 2. The predicted molar refractivity (Wildman–Crippen MR) is 89.0 cm³/mol. The molecule has 3 N–H and O–H groups in total. The number of para-hydroxylation sites is 1. The zero-order chi connectivity index (χ0) is 15.1. The minimum absolute atomic E-state index is 0.0165. The van der Waals surface area contributed by atoms with E-state index in [0.29, 0.717) is 12.1 Å². The molecule has 0 saturated heterocycles. The first-order valence-corrected chi connectivity index (χ1v) is 7.17. The van der Waals surface area contributed by atoms with E-state index in [2.05, 4.69) is 4.98 Å². The van der Waals surface area contributed by atoms with E-state index in [9.17, 15) is 4.79 Å². The number of nitrogens with zero attached hydrogens (tertiary/aromatic N) is 1. The van der Waals surface area contributed by atoms with Crippen molar-refractivity contribution in [3.05, 3.63) is 66.5 Å². The third-order valence-corrected chi connectivity index (χ3v) is 3.98. The number of hydrogen-bond donors (Lipinski definition) is 2. The Bertz CT molecular complexity index is 994. The molecule has 0 unspecified atom stereocenters. The Labute approximate surface area is 127 Å². The Balaban J connectivity index is 1.71. The van der Waals surface area contributed by atoms with Crippen molar-refractivity contribution in [2.24, 2.45) is 0 Å². The molecule has 4 aromatic rings. The van der Waals surface area contributed by atoms with Crippen LogP contribution >= 0.6 is 0 Å². The Morgan fingerprint density at radius 3 is 2.91 bits per heavy atom. The lowest BCUT2D eigenvalue weighted by Gasteiger charge is -2.06. The molecule has 2 aromatic carbocycles. The predicted octanol–water partition coefficient (Wildman–Crippen LogP) is 3.59. The molecular weight excluding hydrogens is 274 g/mol. The Morgan fingerprint density at radius 1 is 1.09 bits per heavy atom. The molecule has 0 aliphatic heterocycles. The fourth-order valence-electron chi connectivity index (χ4n) is 2.90. The normalized spacial score (nSPS) is 11.3. The SMILES string of the molecule is Nc1cccc2ccn(C(=O)Cc3ccc4[nH]ccc4c3)c12. The fraction of sp³-hybridized carbons (Fsp3) is 0.0556. The van der Waals surface area contributed by atoms with Gasteiger partial charge in [0.2, 0.25) is 5.91 Å². The molecule has 0 fully saturated rings. The second-order valence-corrected chi connectivity index (χ2v) is 5.44. The van der Waals surface area contributed by atoms with Crippen molar-refractivity contribution in [1.82, 2.24) is 9.55 Å². The van der Waals surface area contributed by atoms with Gasteiger partial charge in [-0.05, 0) is 41.3 Å². The van der Waals surface area contributed by atoms with Gasteiger partial charge in [-0.25, -0.2) is 0 Å². The van der Waals surface area contributed by atoms with Crippen molar-refractivity contribution in [3.8, 4) is 0 Å². The molecule has 0 spiro atoms. The molecule has 2 aromatic heterocycles. The zero-order valence-corrected chi connectivity index (χ0v) is 11.9. The maximum atomic E-state index is 12.6. The monoisotopic (exact) mass is 289 g/mol. The topological polar surface area (TPSA) is 63.8 Å². The number of aromatic amines is 1. The number of carbonyl (C=O) groups excluding carboxylic acids is 1. The lowest BCUT2D eigenvalue weighted by molar-refractivity contribution is 0.0919. The van der Waals surface area contributed by atoms with Crippen molar-refractivity contribution in [3.63, 3.8) is 0 Å². The molecule has 0 bridgehead atoms. The number of fused-ring (bicyclic) bond motifs is 2. The maximum absolute atomic E-state index is 12.6. The van der Waals surface area contributed by atoms with Crippen molar-refractivity contribution in [2.45, 2.75) is 6.42 Å². The van der Waals surface area contributed by atoms with Crippen molar-refractivity contribution in [2.75, 3.05) is 5.73 Å². The average Bonchev–Trinajstić information content (AvgIpc) is 3.13. The summed E-state index contributed by atoms with van der Waals surface area (Å²) in [6, 6.07) is 15.6. The van der Waals surface area contributed by atoms with Crippen molar-refractivity contribution < 1.29 is 4.79 Å². The highest BCUT2D eigenvalue weighted by Gasteiger charge is 2.12. The lowest BCUT2D eigenvalue weighted by Crippen LogP contribution is -2.13. The highest BCUT2D eigenvalue weighted by Crippen LogP contribution is 2.23. The molecule has 4 nitrogen and oxygen atoms in total. The smallest absolute Gasteiger partial charge is 0.235 e. The van der Waals surface area contributed by atoms with E-state index < -0.39 is 0 Å². The molecule has 2 heterocycles. The third kappa shape index (κ3) is 1.97. The van der Waals surface area contributed by atoms with Gasteiger partial charge >= 0.3 is 0 Å². The van der Waals surface area contributed by atoms with Crippen molar-refractivity contribution in [1.29, 1.82) is 0 Å². The van der Waals surface area contributed by atoms with Crippen LogP contribution in [0.3, 0.4) is 0 Å². The number of aromatic nitrogens is 2.